The molecule has 1 aromatic rings. The number of anilines is 1. The molecular weight excluding hydrogens is 346 g/mol. The molecule has 3 fully saturated rings. The van der Waals surface area contributed by atoms with Crippen molar-refractivity contribution in [2.24, 2.45) is 0 Å². The first-order valence-corrected chi connectivity index (χ1v) is 10.0. The average molecular weight is 375 g/mol. The van der Waals surface area contributed by atoms with E-state index in [9.17, 15) is 9.90 Å². The van der Waals surface area contributed by atoms with Gasteiger partial charge in [-0.15, -0.1) is 0 Å². The van der Waals surface area contributed by atoms with Crippen LogP contribution in [0.4, 0.5) is 5.95 Å². The van der Waals surface area contributed by atoms with Crippen molar-refractivity contribution in [1.82, 2.24) is 19.8 Å². The summed E-state index contributed by atoms with van der Waals surface area (Å²) in [4.78, 5) is 27.6. The van der Waals surface area contributed by atoms with E-state index in [1.165, 1.54) is 0 Å². The van der Waals surface area contributed by atoms with Crippen LogP contribution in [0.2, 0.25) is 0 Å². The van der Waals surface area contributed by atoms with Gasteiger partial charge in [-0.3, -0.25) is 9.69 Å². The molecule has 3 saturated heterocycles. The van der Waals surface area contributed by atoms with Crippen molar-refractivity contribution in [3.63, 3.8) is 0 Å². The second-order valence-corrected chi connectivity index (χ2v) is 7.76. The van der Waals surface area contributed by atoms with Gasteiger partial charge in [-0.25, -0.2) is 9.97 Å². The van der Waals surface area contributed by atoms with Gasteiger partial charge in [0.1, 0.15) is 0 Å². The molecule has 0 aromatic carbocycles. The summed E-state index contributed by atoms with van der Waals surface area (Å²) in [7, 11) is 0. The number of ether oxygens (including phenoxy) is 1. The molecule has 1 spiro atoms. The number of carbonyl (C=O) groups excluding carboxylic acids is 1. The van der Waals surface area contributed by atoms with E-state index in [0.29, 0.717) is 19.6 Å². The third-order valence-corrected chi connectivity index (χ3v) is 6.15. The molecule has 4 heterocycles. The van der Waals surface area contributed by atoms with Gasteiger partial charge in [0.15, 0.2) is 0 Å². The summed E-state index contributed by atoms with van der Waals surface area (Å²) >= 11 is 0. The van der Waals surface area contributed by atoms with Crippen LogP contribution < -0.4 is 4.90 Å². The first kappa shape index (κ1) is 18.6. The van der Waals surface area contributed by atoms with E-state index in [0.717, 1.165) is 64.4 Å². The van der Waals surface area contributed by atoms with Crippen molar-refractivity contribution in [2.45, 2.75) is 37.4 Å². The number of aliphatic hydroxyl groups is 1. The Morgan fingerprint density at radius 2 is 1.85 bits per heavy atom. The zero-order valence-corrected chi connectivity index (χ0v) is 15.8. The minimum atomic E-state index is -0.420. The van der Waals surface area contributed by atoms with Gasteiger partial charge in [-0.1, -0.05) is 0 Å². The maximum absolute atomic E-state index is 12.7. The lowest BCUT2D eigenvalue weighted by Crippen LogP contribution is -2.57. The Bertz CT molecular complexity index is 627. The van der Waals surface area contributed by atoms with Crippen LogP contribution >= 0.6 is 0 Å². The maximum Gasteiger partial charge on any atom is 0.236 e. The third-order valence-electron chi connectivity index (χ3n) is 6.15. The molecule has 8 nitrogen and oxygen atoms in total. The minimum absolute atomic E-state index is 0.180. The van der Waals surface area contributed by atoms with Crippen molar-refractivity contribution in [1.29, 1.82) is 0 Å². The fourth-order valence-electron chi connectivity index (χ4n) is 4.38. The van der Waals surface area contributed by atoms with E-state index in [1.807, 2.05) is 11.0 Å². The summed E-state index contributed by atoms with van der Waals surface area (Å²) in [6.07, 6.45) is 6.33. The molecule has 1 amide bonds. The van der Waals surface area contributed by atoms with Crippen molar-refractivity contribution in [3.05, 3.63) is 18.5 Å². The molecule has 148 valence electrons. The van der Waals surface area contributed by atoms with Crippen LogP contribution in [0.5, 0.6) is 0 Å². The Balaban J connectivity index is 1.24. The second kappa shape index (κ2) is 8.08. The van der Waals surface area contributed by atoms with Crippen LogP contribution in [0.25, 0.3) is 0 Å². The summed E-state index contributed by atoms with van der Waals surface area (Å²) in [6, 6.07) is 1.82. The largest absolute Gasteiger partial charge is 0.390 e. The molecule has 3 aliphatic rings. The summed E-state index contributed by atoms with van der Waals surface area (Å²) in [6.45, 7) is 5.87. The molecule has 3 aliphatic heterocycles. The molecule has 1 atom stereocenters. The van der Waals surface area contributed by atoms with Crippen molar-refractivity contribution in [2.75, 3.05) is 57.3 Å². The summed E-state index contributed by atoms with van der Waals surface area (Å²) in [5.41, 5.74) is -0.420. The molecule has 4 rings (SSSR count). The highest BCUT2D eigenvalue weighted by molar-refractivity contribution is 5.78. The normalized spacial score (nSPS) is 26.3. The van der Waals surface area contributed by atoms with Crippen LogP contribution in [0.1, 0.15) is 25.7 Å². The predicted molar refractivity (Wildman–Crippen MR) is 100 cm³/mol. The summed E-state index contributed by atoms with van der Waals surface area (Å²) in [5, 5.41) is 10.3. The molecule has 0 radical (unpaired) electrons. The SMILES string of the molecule is O=C(CN1CCN(c2ncccn2)CC1)N1CCC2(CC1)OCCCC2O. The number of hydrogen-bond donors (Lipinski definition) is 1. The highest BCUT2D eigenvalue weighted by Crippen LogP contribution is 2.35. The van der Waals surface area contributed by atoms with Gasteiger partial charge < -0.3 is 19.6 Å². The highest BCUT2D eigenvalue weighted by Gasteiger charge is 2.44. The molecule has 0 saturated carbocycles. The molecular formula is C19H29N5O3. The van der Waals surface area contributed by atoms with Crippen molar-refractivity contribution >= 4 is 11.9 Å². The summed E-state index contributed by atoms with van der Waals surface area (Å²) < 4.78 is 5.93. The lowest BCUT2D eigenvalue weighted by Gasteiger charge is -2.47. The number of hydrogen-bond acceptors (Lipinski definition) is 7. The molecule has 1 unspecified atom stereocenters. The molecule has 0 bridgehead atoms. The number of piperazine rings is 1. The standard InChI is InChI=1S/C19H29N5O3/c25-16-3-1-14-27-19(16)4-8-23(9-5-19)17(26)15-22-10-12-24(13-11-22)18-20-6-2-7-21-18/h2,6-7,16,25H,1,3-5,8-15H2. The van der Waals surface area contributed by atoms with Gasteiger partial charge in [0.25, 0.3) is 0 Å². The van der Waals surface area contributed by atoms with E-state index in [2.05, 4.69) is 19.8 Å². The van der Waals surface area contributed by atoms with Gasteiger partial charge in [0, 0.05) is 58.3 Å². The number of rotatable bonds is 3. The number of nitrogens with zero attached hydrogens (tertiary/aromatic N) is 5. The predicted octanol–water partition coefficient (Wildman–Crippen LogP) is 0.131. The van der Waals surface area contributed by atoms with Crippen LogP contribution in [-0.2, 0) is 9.53 Å². The first-order valence-electron chi connectivity index (χ1n) is 10.0. The molecule has 8 heteroatoms. The Labute approximate surface area is 160 Å². The topological polar surface area (TPSA) is 82.0 Å². The second-order valence-electron chi connectivity index (χ2n) is 7.76. The van der Waals surface area contributed by atoms with Crippen LogP contribution in [-0.4, -0.2) is 94.9 Å². The first-order chi connectivity index (χ1) is 13.2. The van der Waals surface area contributed by atoms with E-state index < -0.39 is 11.7 Å². The third kappa shape index (κ3) is 4.07. The lowest BCUT2D eigenvalue weighted by atomic mass is 9.82. The Morgan fingerprint density at radius 1 is 1.15 bits per heavy atom. The minimum Gasteiger partial charge on any atom is -0.390 e. The van der Waals surface area contributed by atoms with Crippen molar-refractivity contribution in [3.8, 4) is 0 Å². The monoisotopic (exact) mass is 375 g/mol. The number of likely N-dealkylation sites (tertiary alicyclic amines) is 1. The van der Waals surface area contributed by atoms with Crippen LogP contribution in [0, 0.1) is 0 Å². The fourth-order valence-corrected chi connectivity index (χ4v) is 4.38. The Hall–Kier alpha value is -1.77. The smallest absolute Gasteiger partial charge is 0.236 e. The zero-order chi connectivity index (χ0) is 18.7. The number of aromatic nitrogens is 2. The van der Waals surface area contributed by atoms with Gasteiger partial charge in [0.05, 0.1) is 18.2 Å². The molecule has 27 heavy (non-hydrogen) atoms. The van der Waals surface area contributed by atoms with E-state index in [1.54, 1.807) is 12.4 Å². The Kier molecular flexibility index (Phi) is 5.56. The summed E-state index contributed by atoms with van der Waals surface area (Å²) in [5.74, 6) is 0.940. The highest BCUT2D eigenvalue weighted by atomic mass is 16.5. The molecule has 1 N–H and O–H groups in total. The number of amides is 1. The van der Waals surface area contributed by atoms with E-state index in [4.69, 9.17) is 4.74 Å². The average Bonchev–Trinajstić information content (AvgIpc) is 2.72. The fraction of sp³-hybridized carbons (Fsp3) is 0.737. The lowest BCUT2D eigenvalue weighted by molar-refractivity contribution is -0.180. The number of carbonyl (C=O) groups is 1. The van der Waals surface area contributed by atoms with Crippen molar-refractivity contribution < 1.29 is 14.6 Å². The van der Waals surface area contributed by atoms with Gasteiger partial charge >= 0.3 is 0 Å². The number of aliphatic hydroxyl groups excluding tert-OH is 1. The number of piperidine rings is 1. The molecule has 1 aromatic heterocycles. The van der Waals surface area contributed by atoms with Gasteiger partial charge in [0.2, 0.25) is 11.9 Å². The van der Waals surface area contributed by atoms with Crippen LogP contribution in [0.3, 0.4) is 0 Å². The Morgan fingerprint density at radius 3 is 2.52 bits per heavy atom. The maximum atomic E-state index is 12.7. The van der Waals surface area contributed by atoms with Gasteiger partial charge in [-0.2, -0.15) is 0 Å². The molecule has 0 aliphatic carbocycles. The van der Waals surface area contributed by atoms with Gasteiger partial charge in [-0.05, 0) is 31.7 Å². The zero-order valence-electron chi connectivity index (χ0n) is 15.8. The van der Waals surface area contributed by atoms with Crippen LogP contribution in [0.15, 0.2) is 18.5 Å². The van der Waals surface area contributed by atoms with E-state index in [-0.39, 0.29) is 5.91 Å². The van der Waals surface area contributed by atoms with E-state index >= 15 is 0 Å². The quantitative estimate of drug-likeness (QED) is 0.804.